The molecule has 2 rings (SSSR count). The van der Waals surface area contributed by atoms with E-state index in [2.05, 4.69) is 31.2 Å². The zero-order chi connectivity index (χ0) is 22.3. The number of methoxy groups -OCH3 is 1. The number of thioether (sulfide) groups is 1. The first-order valence-electron chi connectivity index (χ1n) is 11.9. The standard InChI is InChI=1S/C27H38O3S/c1-3-4-5-6-7-11-16-22-21-25(31-23-17-12-10-13-18-23)27(29)24(22)19-14-8-9-15-20-26(28)30-2/h10,12-13,17-19,21-22H,3-9,11,14-16,20H2,1-2H3/b24-19-/t22-/m0/s1. The number of carbonyl (C=O) groups is 2. The van der Waals surface area contributed by atoms with Crippen LogP contribution >= 0.6 is 11.8 Å². The molecule has 0 radical (unpaired) electrons. The summed E-state index contributed by atoms with van der Waals surface area (Å²) in [5, 5.41) is 0. The normalized spacial score (nSPS) is 17.2. The van der Waals surface area contributed by atoms with Gasteiger partial charge in [0, 0.05) is 22.8 Å². The second kappa shape index (κ2) is 15.1. The second-order valence-corrected chi connectivity index (χ2v) is 9.39. The highest BCUT2D eigenvalue weighted by Crippen LogP contribution is 2.39. The SMILES string of the molecule is CCCCCCCC[C@H]1C=C(Sc2ccccc2)C(=O)/C1=C\CCCCCC(=O)OC. The van der Waals surface area contributed by atoms with Crippen molar-refractivity contribution in [1.29, 1.82) is 0 Å². The molecule has 0 spiro atoms. The molecule has 1 aliphatic rings. The third-order valence-electron chi connectivity index (χ3n) is 5.75. The van der Waals surface area contributed by atoms with E-state index in [0.29, 0.717) is 6.42 Å². The van der Waals surface area contributed by atoms with E-state index in [1.807, 2.05) is 18.2 Å². The largest absolute Gasteiger partial charge is 0.469 e. The number of rotatable bonds is 15. The van der Waals surface area contributed by atoms with Crippen LogP contribution in [0.15, 0.2) is 57.9 Å². The van der Waals surface area contributed by atoms with Crippen LogP contribution in [0, 0.1) is 5.92 Å². The van der Waals surface area contributed by atoms with Crippen LogP contribution in [-0.2, 0) is 14.3 Å². The first kappa shape index (κ1) is 25.5. The lowest BCUT2D eigenvalue weighted by atomic mass is 9.94. The zero-order valence-corrected chi connectivity index (χ0v) is 20.1. The summed E-state index contributed by atoms with van der Waals surface area (Å²) in [4.78, 5) is 26.3. The Morgan fingerprint density at radius 3 is 2.45 bits per heavy atom. The Bertz CT molecular complexity index is 736. The van der Waals surface area contributed by atoms with Crippen molar-refractivity contribution in [3.05, 3.63) is 53.0 Å². The van der Waals surface area contributed by atoms with E-state index in [9.17, 15) is 9.59 Å². The molecule has 0 saturated heterocycles. The molecule has 4 heteroatoms. The quantitative estimate of drug-likeness (QED) is 0.159. The number of benzene rings is 1. The maximum Gasteiger partial charge on any atom is 0.305 e. The number of allylic oxidation sites excluding steroid dienone is 4. The minimum atomic E-state index is -0.143. The third-order valence-corrected chi connectivity index (χ3v) is 6.80. The molecule has 0 amide bonds. The lowest BCUT2D eigenvalue weighted by Crippen LogP contribution is -2.04. The summed E-state index contributed by atoms with van der Waals surface area (Å²) in [5.41, 5.74) is 0.986. The lowest BCUT2D eigenvalue weighted by Gasteiger charge is -2.10. The van der Waals surface area contributed by atoms with Gasteiger partial charge in [-0.2, -0.15) is 0 Å². The van der Waals surface area contributed by atoms with E-state index in [1.54, 1.807) is 11.8 Å². The van der Waals surface area contributed by atoms with Crippen molar-refractivity contribution in [2.24, 2.45) is 5.92 Å². The smallest absolute Gasteiger partial charge is 0.305 e. The van der Waals surface area contributed by atoms with Crippen molar-refractivity contribution in [2.45, 2.75) is 88.9 Å². The van der Waals surface area contributed by atoms with Crippen molar-refractivity contribution >= 4 is 23.5 Å². The highest BCUT2D eigenvalue weighted by Gasteiger charge is 2.29. The highest BCUT2D eigenvalue weighted by molar-refractivity contribution is 8.04. The minimum absolute atomic E-state index is 0.143. The predicted molar refractivity (Wildman–Crippen MR) is 130 cm³/mol. The summed E-state index contributed by atoms with van der Waals surface area (Å²) in [6, 6.07) is 10.2. The van der Waals surface area contributed by atoms with Crippen molar-refractivity contribution in [2.75, 3.05) is 7.11 Å². The maximum atomic E-state index is 13.1. The summed E-state index contributed by atoms with van der Waals surface area (Å²) in [7, 11) is 1.43. The summed E-state index contributed by atoms with van der Waals surface area (Å²) < 4.78 is 4.69. The molecule has 1 aliphatic carbocycles. The number of ether oxygens (including phenoxy) is 1. The second-order valence-electron chi connectivity index (χ2n) is 8.27. The maximum absolute atomic E-state index is 13.1. The number of esters is 1. The molecular formula is C27H38O3S. The van der Waals surface area contributed by atoms with Gasteiger partial charge in [0.1, 0.15) is 0 Å². The summed E-state index contributed by atoms with van der Waals surface area (Å²) in [6.07, 6.45) is 17.3. The molecule has 1 aromatic carbocycles. The van der Waals surface area contributed by atoms with Gasteiger partial charge in [-0.25, -0.2) is 0 Å². The fourth-order valence-electron chi connectivity index (χ4n) is 3.93. The topological polar surface area (TPSA) is 43.4 Å². The molecule has 1 atom stereocenters. The molecule has 0 aromatic heterocycles. The average molecular weight is 443 g/mol. The molecule has 1 aromatic rings. The minimum Gasteiger partial charge on any atom is -0.469 e. The van der Waals surface area contributed by atoms with E-state index >= 15 is 0 Å². The number of hydrogen-bond donors (Lipinski definition) is 0. The van der Waals surface area contributed by atoms with E-state index in [1.165, 1.54) is 45.6 Å². The molecule has 31 heavy (non-hydrogen) atoms. The summed E-state index contributed by atoms with van der Waals surface area (Å²) >= 11 is 1.59. The lowest BCUT2D eigenvalue weighted by molar-refractivity contribution is -0.140. The van der Waals surface area contributed by atoms with Gasteiger partial charge in [0.15, 0.2) is 5.78 Å². The molecule has 0 fully saturated rings. The number of Topliss-reactive ketones (excluding diaryl/α,β-unsaturated/α-hetero) is 1. The first-order valence-corrected chi connectivity index (χ1v) is 12.7. The zero-order valence-electron chi connectivity index (χ0n) is 19.2. The fourth-order valence-corrected chi connectivity index (χ4v) is 4.92. The molecule has 0 unspecified atom stereocenters. The van der Waals surface area contributed by atoms with Crippen LogP contribution in [0.5, 0.6) is 0 Å². The van der Waals surface area contributed by atoms with Crippen LogP contribution in [-0.4, -0.2) is 18.9 Å². The third kappa shape index (κ3) is 9.47. The van der Waals surface area contributed by atoms with Crippen molar-refractivity contribution in [1.82, 2.24) is 0 Å². The Kier molecular flexibility index (Phi) is 12.4. The van der Waals surface area contributed by atoms with Gasteiger partial charge in [-0.05, 0) is 37.8 Å². The van der Waals surface area contributed by atoms with E-state index in [0.717, 1.165) is 47.5 Å². The van der Waals surface area contributed by atoms with Gasteiger partial charge in [0.2, 0.25) is 0 Å². The van der Waals surface area contributed by atoms with Crippen molar-refractivity contribution in [3.8, 4) is 0 Å². The monoisotopic (exact) mass is 442 g/mol. The van der Waals surface area contributed by atoms with Gasteiger partial charge in [0.05, 0.1) is 12.0 Å². The van der Waals surface area contributed by atoms with Gasteiger partial charge in [-0.3, -0.25) is 9.59 Å². The van der Waals surface area contributed by atoms with Crippen LogP contribution < -0.4 is 0 Å². The van der Waals surface area contributed by atoms with E-state index in [-0.39, 0.29) is 17.7 Å². The molecule has 0 heterocycles. The van der Waals surface area contributed by atoms with E-state index in [4.69, 9.17) is 4.74 Å². The molecule has 0 bridgehead atoms. The Labute approximate surface area is 192 Å². The van der Waals surface area contributed by atoms with Gasteiger partial charge in [-0.15, -0.1) is 0 Å². The summed E-state index contributed by atoms with van der Waals surface area (Å²) in [5.74, 6) is 0.314. The number of hydrogen-bond acceptors (Lipinski definition) is 4. The van der Waals surface area contributed by atoms with Crippen LogP contribution in [0.1, 0.15) is 84.0 Å². The van der Waals surface area contributed by atoms with Crippen molar-refractivity contribution in [3.63, 3.8) is 0 Å². The number of unbranched alkanes of at least 4 members (excludes halogenated alkanes) is 8. The molecular weight excluding hydrogens is 404 g/mol. The van der Waals surface area contributed by atoms with E-state index < -0.39 is 0 Å². The van der Waals surface area contributed by atoms with Crippen LogP contribution in [0.25, 0.3) is 0 Å². The van der Waals surface area contributed by atoms with Gasteiger partial charge in [0.25, 0.3) is 0 Å². The molecule has 0 N–H and O–H groups in total. The Morgan fingerprint density at radius 2 is 1.71 bits per heavy atom. The fraction of sp³-hybridized carbons (Fsp3) is 0.556. The van der Waals surface area contributed by atoms with Crippen LogP contribution in [0.3, 0.4) is 0 Å². The molecule has 0 saturated carbocycles. The number of ketones is 1. The Morgan fingerprint density at radius 1 is 1.00 bits per heavy atom. The van der Waals surface area contributed by atoms with Gasteiger partial charge >= 0.3 is 5.97 Å². The molecule has 0 aliphatic heterocycles. The Balaban J connectivity index is 1.90. The Hall–Kier alpha value is -1.81. The first-order chi connectivity index (χ1) is 15.2. The predicted octanol–water partition coefficient (Wildman–Crippen LogP) is 7.66. The molecule has 3 nitrogen and oxygen atoms in total. The number of carbonyl (C=O) groups excluding carboxylic acids is 2. The highest BCUT2D eigenvalue weighted by atomic mass is 32.2. The van der Waals surface area contributed by atoms with Crippen molar-refractivity contribution < 1.29 is 14.3 Å². The van der Waals surface area contributed by atoms with Gasteiger partial charge in [-0.1, -0.05) is 94.0 Å². The van der Waals surface area contributed by atoms with Crippen LogP contribution in [0.2, 0.25) is 0 Å². The van der Waals surface area contributed by atoms with Gasteiger partial charge < -0.3 is 4.74 Å². The summed E-state index contributed by atoms with van der Waals surface area (Å²) in [6.45, 7) is 2.24. The van der Waals surface area contributed by atoms with Crippen LogP contribution in [0.4, 0.5) is 0 Å². The average Bonchev–Trinajstić information content (AvgIpc) is 3.07. The molecule has 170 valence electrons.